The van der Waals surface area contributed by atoms with E-state index in [9.17, 15) is 0 Å². The van der Waals surface area contributed by atoms with Gasteiger partial charge in [0.05, 0.1) is 5.01 Å². The lowest BCUT2D eigenvalue weighted by Gasteiger charge is -1.78. The first-order chi connectivity index (χ1) is 6.16. The van der Waals surface area contributed by atoms with Gasteiger partial charge in [0.1, 0.15) is 8.39 Å². The molecule has 0 unspecified atom stereocenters. The fourth-order valence-corrected chi connectivity index (χ4v) is 1.91. The number of thiazole rings is 1. The summed E-state index contributed by atoms with van der Waals surface area (Å²) in [4.78, 5) is 3.80. The van der Waals surface area contributed by atoms with Crippen molar-refractivity contribution in [2.75, 3.05) is 0 Å². The van der Waals surface area contributed by atoms with Gasteiger partial charge in [-0.2, -0.15) is 0 Å². The molecule has 0 aliphatic rings. The Morgan fingerprint density at radius 3 is 3.11 bits per heavy atom. The monoisotopic (exact) mass is 274 g/mol. The van der Waals surface area contributed by atoms with Crippen LogP contribution >= 0.6 is 43.2 Å². The molecule has 0 saturated carbocycles. The molecule has 0 amide bonds. The Bertz CT molecular complexity index is 327. The number of rotatable bonds is 1. The van der Waals surface area contributed by atoms with E-state index in [1.54, 1.807) is 0 Å². The van der Waals surface area contributed by atoms with Crippen LogP contribution in [0.5, 0.6) is 0 Å². The maximum atomic E-state index is 7.44. The smallest absolute Gasteiger partial charge is 0.131 e. The van der Waals surface area contributed by atoms with Crippen LogP contribution < -0.4 is 0 Å². The third-order valence-electron chi connectivity index (χ3n) is 0.655. The van der Waals surface area contributed by atoms with Gasteiger partial charge in [0.2, 0.25) is 0 Å². The lowest BCUT2D eigenvalue weighted by Crippen LogP contribution is -1.72. The summed E-state index contributed by atoms with van der Waals surface area (Å²) < 4.78 is 37.0. The van der Waals surface area contributed by atoms with Crippen molar-refractivity contribution in [3.8, 4) is 0 Å². The minimum absolute atomic E-state index is 0.0590. The first kappa shape index (κ1) is 3.32. The van der Waals surface area contributed by atoms with E-state index in [-0.39, 0.29) is 5.01 Å². The van der Waals surface area contributed by atoms with Gasteiger partial charge in [-0.15, -0.1) is 11.3 Å². The zero-order chi connectivity index (χ0) is 11.1. The average Bonchev–Trinajstić information content (AvgIpc) is 2.30. The van der Waals surface area contributed by atoms with Crippen LogP contribution in [-0.2, 0) is 6.37 Å². The third-order valence-corrected chi connectivity index (χ3v) is 3.64. The molecule has 0 saturated heterocycles. The van der Waals surface area contributed by atoms with Crippen LogP contribution in [0, 0.1) is 0 Å². The van der Waals surface area contributed by atoms with Gasteiger partial charge in [0, 0.05) is 6.85 Å². The molecule has 1 aromatic heterocycles. The minimum atomic E-state index is -2.70. The van der Waals surface area contributed by atoms with Crippen LogP contribution in [0.25, 0.3) is 0 Å². The molecule has 1 rings (SSSR count). The van der Waals surface area contributed by atoms with Crippen LogP contribution in [0.2, 0.25) is 0 Å². The van der Waals surface area contributed by atoms with E-state index in [2.05, 4.69) is 36.8 Å². The molecular formula is C5H5Br2NS. The SMILES string of the molecule is [2H]C([2H])([2H])C([2H])([2H])c1nc(Br)c(Br)s1. The highest BCUT2D eigenvalue weighted by Gasteiger charge is 2.02. The second kappa shape index (κ2) is 3.12. The molecule has 0 fully saturated rings. The highest BCUT2D eigenvalue weighted by molar-refractivity contribution is 9.13. The summed E-state index contributed by atoms with van der Waals surface area (Å²) in [7, 11) is 0. The summed E-state index contributed by atoms with van der Waals surface area (Å²) >= 11 is 7.18. The summed E-state index contributed by atoms with van der Waals surface area (Å²) in [6.45, 7) is -2.70. The lowest BCUT2D eigenvalue weighted by molar-refractivity contribution is 1.08. The molecule has 0 aromatic carbocycles. The molecule has 1 heterocycles. The highest BCUT2D eigenvalue weighted by Crippen LogP contribution is 2.28. The number of hydrogen-bond acceptors (Lipinski definition) is 2. The number of aryl methyl sites for hydroxylation is 1. The Labute approximate surface area is 81.8 Å². The molecule has 50 valence electrons. The minimum Gasteiger partial charge on any atom is -0.233 e. The normalized spacial score (nSPS) is 21.3. The molecular weight excluding hydrogens is 266 g/mol. The lowest BCUT2D eigenvalue weighted by atomic mass is 10.5. The van der Waals surface area contributed by atoms with Crippen molar-refractivity contribution in [2.45, 2.75) is 13.2 Å². The van der Waals surface area contributed by atoms with E-state index < -0.39 is 13.2 Å². The van der Waals surface area contributed by atoms with Gasteiger partial charge in [-0.25, -0.2) is 4.98 Å². The Morgan fingerprint density at radius 1 is 1.89 bits per heavy atom. The number of halogens is 2. The van der Waals surface area contributed by atoms with Crippen LogP contribution in [0.3, 0.4) is 0 Å². The first-order valence-electron chi connectivity index (χ1n) is 4.48. The van der Waals surface area contributed by atoms with Crippen LogP contribution in [0.15, 0.2) is 8.39 Å². The van der Waals surface area contributed by atoms with Crippen molar-refractivity contribution in [1.29, 1.82) is 0 Å². The second-order valence-corrected chi connectivity index (χ2v) is 4.28. The highest BCUT2D eigenvalue weighted by atomic mass is 79.9. The second-order valence-electron chi connectivity index (χ2n) is 1.21. The van der Waals surface area contributed by atoms with E-state index >= 15 is 0 Å². The molecule has 1 nitrogen and oxygen atoms in total. The van der Waals surface area contributed by atoms with E-state index in [0.29, 0.717) is 8.39 Å². The topological polar surface area (TPSA) is 12.9 Å². The predicted octanol–water partition coefficient (Wildman–Crippen LogP) is 3.23. The first-order valence-corrected chi connectivity index (χ1v) is 4.39. The van der Waals surface area contributed by atoms with Gasteiger partial charge in [-0.1, -0.05) is 6.85 Å². The molecule has 0 aliphatic heterocycles. The summed E-state index contributed by atoms with van der Waals surface area (Å²) in [6.07, 6.45) is -2.41. The number of nitrogens with zero attached hydrogens (tertiary/aromatic N) is 1. The van der Waals surface area contributed by atoms with E-state index in [0.717, 1.165) is 11.3 Å². The Hall–Kier alpha value is 0.590. The van der Waals surface area contributed by atoms with Crippen LogP contribution in [0.1, 0.15) is 18.7 Å². The van der Waals surface area contributed by atoms with E-state index in [1.807, 2.05) is 0 Å². The summed E-state index contributed by atoms with van der Waals surface area (Å²) in [5.74, 6) is 0. The largest absolute Gasteiger partial charge is 0.233 e. The standard InChI is InChI=1S/C5H5Br2NS/c1-2-3-8-4(6)5(7)9-3/h2H2,1H3/i1D3,2D2. The van der Waals surface area contributed by atoms with Crippen molar-refractivity contribution >= 4 is 43.2 Å². The fourth-order valence-electron chi connectivity index (χ4n) is 0.336. The van der Waals surface area contributed by atoms with Crippen molar-refractivity contribution in [3.63, 3.8) is 0 Å². The van der Waals surface area contributed by atoms with Crippen molar-refractivity contribution < 1.29 is 6.85 Å². The molecule has 9 heavy (non-hydrogen) atoms. The molecule has 4 heteroatoms. The van der Waals surface area contributed by atoms with Crippen molar-refractivity contribution in [3.05, 3.63) is 13.4 Å². The zero-order valence-corrected chi connectivity index (χ0v) is 8.10. The molecule has 0 aliphatic carbocycles. The van der Waals surface area contributed by atoms with Gasteiger partial charge >= 0.3 is 0 Å². The Kier molecular flexibility index (Phi) is 1.15. The van der Waals surface area contributed by atoms with Crippen LogP contribution in [0.4, 0.5) is 0 Å². The number of aromatic nitrogens is 1. The molecule has 1 aromatic rings. The van der Waals surface area contributed by atoms with Crippen molar-refractivity contribution in [1.82, 2.24) is 4.98 Å². The molecule has 0 bridgehead atoms. The quantitative estimate of drug-likeness (QED) is 0.767. The Balaban J connectivity index is 3.16. The molecule has 0 spiro atoms. The average molecular weight is 276 g/mol. The summed E-state index contributed by atoms with van der Waals surface area (Å²) in [5, 5.41) is -0.0590. The van der Waals surface area contributed by atoms with Gasteiger partial charge in [-0.05, 0) is 38.2 Å². The fraction of sp³-hybridized carbons (Fsp3) is 0.400. The zero-order valence-electron chi connectivity index (χ0n) is 9.11. The Morgan fingerprint density at radius 2 is 2.67 bits per heavy atom. The van der Waals surface area contributed by atoms with Gasteiger partial charge in [-0.3, -0.25) is 0 Å². The molecule has 0 radical (unpaired) electrons. The van der Waals surface area contributed by atoms with E-state index in [4.69, 9.17) is 6.85 Å². The third kappa shape index (κ3) is 1.75. The van der Waals surface area contributed by atoms with Gasteiger partial charge in [0.15, 0.2) is 0 Å². The van der Waals surface area contributed by atoms with Gasteiger partial charge < -0.3 is 0 Å². The van der Waals surface area contributed by atoms with Gasteiger partial charge in [0.25, 0.3) is 0 Å². The van der Waals surface area contributed by atoms with E-state index in [1.165, 1.54) is 0 Å². The molecule has 0 atom stereocenters. The summed E-state index contributed by atoms with van der Waals surface area (Å²) in [5.41, 5.74) is 0. The summed E-state index contributed by atoms with van der Waals surface area (Å²) in [6, 6.07) is 0. The maximum Gasteiger partial charge on any atom is 0.131 e. The van der Waals surface area contributed by atoms with Crippen molar-refractivity contribution in [2.24, 2.45) is 0 Å². The number of hydrogen-bond donors (Lipinski definition) is 0. The maximum absolute atomic E-state index is 7.44. The van der Waals surface area contributed by atoms with Crippen LogP contribution in [-0.4, -0.2) is 4.98 Å². The predicted molar refractivity (Wildman–Crippen MR) is 46.9 cm³/mol. The molecule has 0 N–H and O–H groups in total.